The molecule has 5 heterocycles. The molecule has 18 heteroatoms. The normalized spacial score (nSPS) is 20.5. The third-order valence-electron chi connectivity index (χ3n) is 11.5. The van der Waals surface area contributed by atoms with Crippen molar-refractivity contribution in [3.8, 4) is 28.4 Å². The van der Waals surface area contributed by atoms with Crippen molar-refractivity contribution in [2.75, 3.05) is 37.4 Å². The zero-order valence-corrected chi connectivity index (χ0v) is 38.8. The maximum atomic E-state index is 12.9. The molecule has 0 unspecified atom stereocenters. The van der Waals surface area contributed by atoms with Crippen molar-refractivity contribution in [1.29, 1.82) is 0 Å². The number of ether oxygens (including phenoxy) is 1. The third kappa shape index (κ3) is 11.9. The van der Waals surface area contributed by atoms with Gasteiger partial charge in [0, 0.05) is 60.1 Å². The van der Waals surface area contributed by atoms with Crippen LogP contribution < -0.4 is 24.8 Å². The predicted octanol–water partition coefficient (Wildman–Crippen LogP) is 8.32. The highest BCUT2D eigenvalue weighted by Crippen LogP contribution is 2.32. The van der Waals surface area contributed by atoms with Gasteiger partial charge in [-0.2, -0.15) is 0 Å². The third-order valence-corrected chi connectivity index (χ3v) is 16.4. The summed E-state index contributed by atoms with van der Waals surface area (Å²) in [5.74, 6) is 1.39. The summed E-state index contributed by atoms with van der Waals surface area (Å²) in [6, 6.07) is 14.9. The Morgan fingerprint density at radius 3 is 1.85 bits per heavy atom. The first-order valence-corrected chi connectivity index (χ1v) is 25.7. The lowest BCUT2D eigenvalue weighted by molar-refractivity contribution is 0.323. The molecular weight excluding hydrogens is 863 g/mol. The monoisotopic (exact) mass is 917 g/mol. The van der Waals surface area contributed by atoms with Crippen LogP contribution in [0, 0.1) is 18.8 Å². The van der Waals surface area contributed by atoms with E-state index >= 15 is 0 Å². The Morgan fingerprint density at radius 2 is 1.29 bits per heavy atom. The Kier molecular flexibility index (Phi) is 15.2. The first kappa shape index (κ1) is 45.4. The number of methoxy groups -OCH3 is 1. The molecule has 8 rings (SSSR count). The number of rotatable bonds is 15. The van der Waals surface area contributed by atoms with E-state index in [2.05, 4.69) is 45.0 Å². The van der Waals surface area contributed by atoms with Gasteiger partial charge in [-0.3, -0.25) is 15.0 Å². The van der Waals surface area contributed by atoms with Gasteiger partial charge in [0.1, 0.15) is 21.2 Å². The average Bonchev–Trinajstić information content (AvgIpc) is 4.04. The van der Waals surface area contributed by atoms with Crippen LogP contribution in [0.25, 0.3) is 22.6 Å². The van der Waals surface area contributed by atoms with E-state index in [9.17, 15) is 16.8 Å². The molecule has 1 aliphatic heterocycles. The number of nitrogens with zero attached hydrogens (tertiary/aromatic N) is 5. The minimum Gasteiger partial charge on any atom is -0.495 e. The highest BCUT2D eigenvalue weighted by Gasteiger charge is 2.31. The summed E-state index contributed by atoms with van der Waals surface area (Å²) in [4.78, 5) is 22.5. The Morgan fingerprint density at radius 1 is 0.694 bits per heavy atom. The molecule has 14 nitrogen and oxygen atoms in total. The Hall–Kier alpha value is -4.59. The summed E-state index contributed by atoms with van der Waals surface area (Å²) in [6.07, 6.45) is 12.6. The number of nitrogens with one attached hydrogen (secondary N) is 4. The minimum atomic E-state index is -3.62. The number of hydrogen-bond donors (Lipinski definition) is 4. The lowest BCUT2D eigenvalue weighted by Gasteiger charge is -2.29. The Balaban J connectivity index is 0.000000187. The van der Waals surface area contributed by atoms with Crippen LogP contribution in [0.1, 0.15) is 70.8 Å². The van der Waals surface area contributed by atoms with Gasteiger partial charge in [0.25, 0.3) is 0 Å². The predicted molar refractivity (Wildman–Crippen MR) is 250 cm³/mol. The second-order valence-electron chi connectivity index (χ2n) is 16.1. The molecule has 0 amide bonds. The van der Waals surface area contributed by atoms with E-state index in [-0.39, 0.29) is 17.0 Å². The van der Waals surface area contributed by atoms with Crippen LogP contribution in [-0.2, 0) is 20.0 Å². The van der Waals surface area contributed by atoms with Crippen LogP contribution in [0.5, 0.6) is 5.75 Å². The van der Waals surface area contributed by atoms with E-state index in [1.807, 2.05) is 61.0 Å². The molecule has 1 aromatic carbocycles. The first-order valence-electron chi connectivity index (χ1n) is 21.0. The summed E-state index contributed by atoms with van der Waals surface area (Å²) in [7, 11) is -5.62. The van der Waals surface area contributed by atoms with Crippen molar-refractivity contribution in [3.63, 3.8) is 0 Å². The van der Waals surface area contributed by atoms with Crippen LogP contribution in [0.15, 0.2) is 98.2 Å². The van der Waals surface area contributed by atoms with Crippen LogP contribution in [0.3, 0.4) is 0 Å². The van der Waals surface area contributed by atoms with Crippen molar-refractivity contribution in [2.45, 2.75) is 89.1 Å². The lowest BCUT2D eigenvalue weighted by atomic mass is 9.86. The molecule has 62 heavy (non-hydrogen) atoms. The molecule has 0 saturated heterocycles. The molecule has 3 aliphatic rings. The summed E-state index contributed by atoms with van der Waals surface area (Å²) in [6.45, 7) is 7.66. The van der Waals surface area contributed by atoms with E-state index in [1.54, 1.807) is 60.3 Å². The van der Waals surface area contributed by atoms with Gasteiger partial charge in [-0.15, -0.1) is 22.7 Å². The van der Waals surface area contributed by atoms with Crippen molar-refractivity contribution in [2.24, 2.45) is 16.8 Å². The van der Waals surface area contributed by atoms with Gasteiger partial charge in [-0.25, -0.2) is 36.2 Å². The topological polar surface area (TPSA) is 190 Å². The molecule has 330 valence electrons. The van der Waals surface area contributed by atoms with E-state index < -0.39 is 20.0 Å². The Labute approximate surface area is 373 Å². The molecule has 2 aliphatic carbocycles. The van der Waals surface area contributed by atoms with E-state index in [4.69, 9.17) is 4.74 Å². The zero-order valence-electron chi connectivity index (χ0n) is 35.5. The number of allylic oxidation sites excluding steroid dienone is 1. The fourth-order valence-electron chi connectivity index (χ4n) is 8.10. The smallest absolute Gasteiger partial charge is 0.244 e. The molecule has 0 atom stereocenters. The largest absolute Gasteiger partial charge is 0.495 e. The summed E-state index contributed by atoms with van der Waals surface area (Å²) >= 11 is 3.18. The highest BCUT2D eigenvalue weighted by molar-refractivity contribution is 7.94. The molecule has 0 bridgehead atoms. The van der Waals surface area contributed by atoms with Gasteiger partial charge >= 0.3 is 0 Å². The Bertz CT molecular complexity index is 2550. The van der Waals surface area contributed by atoms with Gasteiger partial charge in [0.15, 0.2) is 10.3 Å². The molecule has 2 saturated carbocycles. The highest BCUT2D eigenvalue weighted by atomic mass is 32.2. The van der Waals surface area contributed by atoms with Crippen molar-refractivity contribution in [3.05, 3.63) is 93.9 Å². The quantitative estimate of drug-likeness (QED) is 0.0791. The number of hydrogen-bond acceptors (Lipinski definition) is 14. The number of benzene rings is 1. The second kappa shape index (κ2) is 20.7. The van der Waals surface area contributed by atoms with Crippen molar-refractivity contribution < 1.29 is 21.6 Å². The van der Waals surface area contributed by atoms with E-state index in [0.717, 1.165) is 109 Å². The minimum absolute atomic E-state index is 0.00410. The van der Waals surface area contributed by atoms with Gasteiger partial charge in [-0.05, 0) is 132 Å². The molecule has 0 radical (unpaired) electrons. The number of anilines is 2. The van der Waals surface area contributed by atoms with Crippen molar-refractivity contribution >= 4 is 58.7 Å². The summed E-state index contributed by atoms with van der Waals surface area (Å²) in [5, 5.41) is 12.8. The second-order valence-corrected chi connectivity index (χ2v) is 21.2. The number of aromatic nitrogens is 4. The molecular formula is C44H55N9O5S4. The number of sulfonamides is 2. The maximum absolute atomic E-state index is 12.9. The number of aryl methyl sites for hydroxylation is 1. The van der Waals surface area contributed by atoms with Crippen LogP contribution in [-0.4, -0.2) is 81.3 Å². The summed E-state index contributed by atoms with van der Waals surface area (Å²) in [5.41, 5.74) is 6.10. The number of thiazole rings is 2. The van der Waals surface area contributed by atoms with Gasteiger partial charge in [0.05, 0.1) is 30.8 Å². The van der Waals surface area contributed by atoms with Crippen LogP contribution in [0.4, 0.5) is 10.3 Å². The molecule has 2 fully saturated rings. The first-order chi connectivity index (χ1) is 29.9. The molecule has 4 aromatic heterocycles. The lowest BCUT2D eigenvalue weighted by Crippen LogP contribution is -2.39. The average molecular weight is 918 g/mol. The van der Waals surface area contributed by atoms with Gasteiger partial charge in [0.2, 0.25) is 20.0 Å². The van der Waals surface area contributed by atoms with E-state index in [0.29, 0.717) is 34.7 Å². The molecule has 4 N–H and O–H groups in total. The fourth-order valence-corrected chi connectivity index (χ4v) is 12.9. The van der Waals surface area contributed by atoms with Gasteiger partial charge in [-0.1, -0.05) is 12.1 Å². The van der Waals surface area contributed by atoms with Crippen LogP contribution >= 0.6 is 22.7 Å². The van der Waals surface area contributed by atoms with E-state index in [1.165, 1.54) is 7.11 Å². The van der Waals surface area contributed by atoms with Crippen molar-refractivity contribution in [1.82, 2.24) is 29.4 Å². The fraction of sp³-hybridized carbons (Fsp3) is 0.432. The SMILES string of the molecule is CC1=NCC(C)=C1S(=O)(=O)NC1CCC(CNc2nc(-c3ccccn3)cs2)CC1.COc1ccc(C)cc1S(=O)(=O)NC1CCC(CNc2nc(-c3ccncc3)cs2)CC1. The standard InChI is InChI=1S/C23H28N4O3S2.C21H27N5O2S2/c1-16-3-8-21(30-2)22(13-16)32(28,29)27-19-6-4-17(5-7-19)14-25-23-26-20(15-31-23)18-9-11-24-12-10-18;1-14-11-23-15(2)20(14)30(27,28)26-17-8-6-16(7-9-17)12-24-21-25-19(13-29-21)18-5-3-4-10-22-18/h3,8-13,15,17,19,27H,4-7,14H2,1-2H3,(H,25,26);3-5,10,13,16-17,26H,6-9,11-12H2,1-2H3,(H,24,25). The number of aliphatic imine (C=N–C) groups is 1. The van der Waals surface area contributed by atoms with Gasteiger partial charge < -0.3 is 15.4 Å². The molecule has 0 spiro atoms. The molecule has 5 aromatic rings. The maximum Gasteiger partial charge on any atom is 0.244 e. The summed E-state index contributed by atoms with van der Waals surface area (Å²) < 4.78 is 62.4. The van der Waals surface area contributed by atoms with Crippen LogP contribution in [0.2, 0.25) is 0 Å². The number of pyridine rings is 2. The zero-order chi connectivity index (χ0) is 43.7.